The van der Waals surface area contributed by atoms with Crippen molar-refractivity contribution in [2.24, 2.45) is 0 Å². The Morgan fingerprint density at radius 3 is 2.10 bits per heavy atom. The summed E-state index contributed by atoms with van der Waals surface area (Å²) in [6.07, 6.45) is 1.22. The van der Waals surface area contributed by atoms with Crippen molar-refractivity contribution in [1.82, 2.24) is 14.3 Å². The van der Waals surface area contributed by atoms with Crippen LogP contribution >= 0.6 is 0 Å². The van der Waals surface area contributed by atoms with Crippen molar-refractivity contribution < 1.29 is 13.3 Å². The summed E-state index contributed by atoms with van der Waals surface area (Å²) >= 11 is 0. The topological polar surface area (TPSA) is 130 Å². The molecular weight excluding hydrogens is 396 g/mol. The molecule has 0 aliphatic rings. The first-order valence-electron chi connectivity index (χ1n) is 9.14. The first-order valence-corrected chi connectivity index (χ1v) is 10.6. The minimum Gasteiger partial charge on any atom is -0.360 e. The molecule has 0 saturated carbocycles. The summed E-state index contributed by atoms with van der Waals surface area (Å²) in [4.78, 5) is 19.2. The van der Waals surface area contributed by atoms with E-state index in [1.165, 1.54) is 22.8 Å². The SMILES string of the molecule is CCN(CC)S(=O)(=O)c1ccc(Nc2ncnc(NC(C)(C)C)c2[N+](=O)[O-])cc1. The maximum atomic E-state index is 12.6. The average molecular weight is 423 g/mol. The van der Waals surface area contributed by atoms with E-state index in [1.807, 2.05) is 20.8 Å². The molecule has 2 aromatic rings. The van der Waals surface area contributed by atoms with Crippen LogP contribution in [-0.2, 0) is 10.0 Å². The summed E-state index contributed by atoms with van der Waals surface area (Å²) in [5, 5.41) is 17.5. The smallest absolute Gasteiger partial charge is 0.353 e. The van der Waals surface area contributed by atoms with Crippen molar-refractivity contribution in [2.45, 2.75) is 45.1 Å². The van der Waals surface area contributed by atoms with Crippen LogP contribution in [0.5, 0.6) is 0 Å². The van der Waals surface area contributed by atoms with Gasteiger partial charge in [-0.1, -0.05) is 13.8 Å². The predicted molar refractivity (Wildman–Crippen MR) is 112 cm³/mol. The molecule has 1 aromatic carbocycles. The average Bonchev–Trinajstić information content (AvgIpc) is 2.61. The van der Waals surface area contributed by atoms with Gasteiger partial charge in [-0.3, -0.25) is 10.1 Å². The van der Waals surface area contributed by atoms with Gasteiger partial charge in [0.15, 0.2) is 0 Å². The van der Waals surface area contributed by atoms with Gasteiger partial charge in [0.1, 0.15) is 6.33 Å². The highest BCUT2D eigenvalue weighted by atomic mass is 32.2. The van der Waals surface area contributed by atoms with Gasteiger partial charge in [0.25, 0.3) is 0 Å². The highest BCUT2D eigenvalue weighted by molar-refractivity contribution is 7.89. The molecule has 2 N–H and O–H groups in total. The van der Waals surface area contributed by atoms with E-state index >= 15 is 0 Å². The van der Waals surface area contributed by atoms with Crippen molar-refractivity contribution in [2.75, 3.05) is 23.7 Å². The van der Waals surface area contributed by atoms with Gasteiger partial charge < -0.3 is 10.6 Å². The third-order valence-electron chi connectivity index (χ3n) is 3.96. The Labute approximate surface area is 170 Å². The quantitative estimate of drug-likeness (QED) is 0.489. The maximum Gasteiger partial charge on any atom is 0.353 e. The van der Waals surface area contributed by atoms with E-state index in [1.54, 1.807) is 26.0 Å². The molecule has 1 heterocycles. The number of aromatic nitrogens is 2. The number of rotatable bonds is 8. The molecule has 11 heteroatoms. The van der Waals surface area contributed by atoms with Crippen molar-refractivity contribution in [3.8, 4) is 0 Å². The highest BCUT2D eigenvalue weighted by Gasteiger charge is 2.26. The van der Waals surface area contributed by atoms with E-state index in [4.69, 9.17) is 0 Å². The Kier molecular flexibility index (Phi) is 6.75. The fourth-order valence-corrected chi connectivity index (χ4v) is 4.11. The highest BCUT2D eigenvalue weighted by Crippen LogP contribution is 2.32. The normalized spacial score (nSPS) is 12.1. The molecule has 0 atom stereocenters. The maximum absolute atomic E-state index is 12.6. The third-order valence-corrected chi connectivity index (χ3v) is 6.02. The first kappa shape index (κ1) is 22.5. The second-order valence-electron chi connectivity index (χ2n) is 7.29. The molecule has 0 radical (unpaired) electrons. The Morgan fingerprint density at radius 1 is 1.07 bits per heavy atom. The molecule has 0 saturated heterocycles. The molecule has 0 spiro atoms. The molecule has 158 valence electrons. The van der Waals surface area contributed by atoms with Crippen LogP contribution in [0.15, 0.2) is 35.5 Å². The van der Waals surface area contributed by atoms with Crippen LogP contribution in [0.3, 0.4) is 0 Å². The molecule has 29 heavy (non-hydrogen) atoms. The van der Waals surface area contributed by atoms with Crippen molar-refractivity contribution in [3.05, 3.63) is 40.7 Å². The number of nitro groups is 1. The Balaban J connectivity index is 2.35. The number of hydrogen-bond acceptors (Lipinski definition) is 8. The van der Waals surface area contributed by atoms with E-state index in [2.05, 4.69) is 20.6 Å². The summed E-state index contributed by atoms with van der Waals surface area (Å²) in [6, 6.07) is 5.99. The molecule has 0 fully saturated rings. The minimum atomic E-state index is -3.58. The van der Waals surface area contributed by atoms with Gasteiger partial charge in [0, 0.05) is 24.3 Å². The van der Waals surface area contributed by atoms with E-state index in [9.17, 15) is 18.5 Å². The first-order chi connectivity index (χ1) is 13.5. The van der Waals surface area contributed by atoms with Gasteiger partial charge in [-0.15, -0.1) is 0 Å². The van der Waals surface area contributed by atoms with Gasteiger partial charge in [-0.2, -0.15) is 4.31 Å². The standard InChI is InChI=1S/C18H26N6O4S/c1-6-23(7-2)29(27,28)14-10-8-13(9-11-14)21-16-15(24(25)26)17(20-12-19-16)22-18(3,4)5/h8-12H,6-7H2,1-5H3,(H2,19,20,21,22). The molecule has 0 bridgehead atoms. The zero-order valence-corrected chi connectivity index (χ0v) is 17.9. The van der Waals surface area contributed by atoms with E-state index in [-0.39, 0.29) is 22.2 Å². The van der Waals surface area contributed by atoms with Crippen LogP contribution < -0.4 is 10.6 Å². The van der Waals surface area contributed by atoms with Crippen molar-refractivity contribution >= 4 is 33.0 Å². The zero-order valence-electron chi connectivity index (χ0n) is 17.1. The van der Waals surface area contributed by atoms with E-state index in [0.29, 0.717) is 18.8 Å². The lowest BCUT2D eigenvalue weighted by Crippen LogP contribution is -2.30. The number of benzene rings is 1. The Morgan fingerprint density at radius 2 is 1.62 bits per heavy atom. The summed E-state index contributed by atoms with van der Waals surface area (Å²) in [5.41, 5.74) is -0.258. The largest absolute Gasteiger partial charge is 0.360 e. The minimum absolute atomic E-state index is 0.0103. The molecule has 0 unspecified atom stereocenters. The van der Waals surface area contributed by atoms with Gasteiger partial charge >= 0.3 is 5.69 Å². The van der Waals surface area contributed by atoms with Crippen LogP contribution in [0.25, 0.3) is 0 Å². The monoisotopic (exact) mass is 422 g/mol. The van der Waals surface area contributed by atoms with Crippen LogP contribution in [0.1, 0.15) is 34.6 Å². The third kappa shape index (κ3) is 5.39. The fraction of sp³-hybridized carbons (Fsp3) is 0.444. The number of nitrogens with one attached hydrogen (secondary N) is 2. The lowest BCUT2D eigenvalue weighted by Gasteiger charge is -2.21. The molecular formula is C18H26N6O4S. The number of sulfonamides is 1. The zero-order chi connectivity index (χ0) is 21.8. The predicted octanol–water partition coefficient (Wildman–Crippen LogP) is 3.37. The molecule has 10 nitrogen and oxygen atoms in total. The van der Waals surface area contributed by atoms with Crippen LogP contribution in [-0.4, -0.2) is 46.2 Å². The van der Waals surface area contributed by atoms with Crippen LogP contribution in [0.2, 0.25) is 0 Å². The van der Waals surface area contributed by atoms with E-state index < -0.39 is 20.5 Å². The summed E-state index contributed by atoms with van der Waals surface area (Å²) in [7, 11) is -3.58. The second kappa shape index (κ2) is 8.70. The molecule has 0 aliphatic heterocycles. The molecule has 0 amide bonds. The number of nitrogens with zero attached hydrogens (tertiary/aromatic N) is 4. The lowest BCUT2D eigenvalue weighted by atomic mass is 10.1. The van der Waals surface area contributed by atoms with Gasteiger partial charge in [-0.25, -0.2) is 18.4 Å². The van der Waals surface area contributed by atoms with E-state index in [0.717, 1.165) is 0 Å². The summed E-state index contributed by atoms with van der Waals surface area (Å²) in [6.45, 7) is 9.87. The van der Waals surface area contributed by atoms with Gasteiger partial charge in [0.05, 0.1) is 9.82 Å². The fourth-order valence-electron chi connectivity index (χ4n) is 2.65. The molecule has 2 rings (SSSR count). The second-order valence-corrected chi connectivity index (χ2v) is 9.23. The Hall–Kier alpha value is -2.79. The van der Waals surface area contributed by atoms with Crippen molar-refractivity contribution in [1.29, 1.82) is 0 Å². The number of anilines is 3. The summed E-state index contributed by atoms with van der Waals surface area (Å²) < 4.78 is 26.5. The van der Waals surface area contributed by atoms with Crippen molar-refractivity contribution in [3.63, 3.8) is 0 Å². The lowest BCUT2D eigenvalue weighted by molar-refractivity contribution is -0.383. The summed E-state index contributed by atoms with van der Waals surface area (Å²) in [5.74, 6) is 0.108. The van der Waals surface area contributed by atoms with Gasteiger partial charge in [-0.05, 0) is 45.0 Å². The van der Waals surface area contributed by atoms with Gasteiger partial charge in [0.2, 0.25) is 21.7 Å². The number of hydrogen-bond donors (Lipinski definition) is 2. The Bertz CT molecular complexity index is 967. The molecule has 1 aromatic heterocycles. The van der Waals surface area contributed by atoms with Crippen LogP contribution in [0.4, 0.5) is 23.0 Å². The van der Waals surface area contributed by atoms with Crippen LogP contribution in [0, 0.1) is 10.1 Å². The molecule has 0 aliphatic carbocycles.